The molecule has 1 aliphatic rings. The van der Waals surface area contributed by atoms with Crippen molar-refractivity contribution in [3.8, 4) is 5.75 Å². The van der Waals surface area contributed by atoms with Crippen LogP contribution in [0.25, 0.3) is 0 Å². The van der Waals surface area contributed by atoms with E-state index < -0.39 is 11.8 Å². The Kier molecular flexibility index (Phi) is 6.00. The first-order valence-electron chi connectivity index (χ1n) is 10.9. The Morgan fingerprint density at radius 1 is 0.829 bits per heavy atom. The average molecular weight is 464 g/mol. The smallest absolute Gasteiger partial charge is 0.261 e. The summed E-state index contributed by atoms with van der Waals surface area (Å²) in [4.78, 5) is 48.1. The number of nitrogens with zero attached hydrogens (tertiary/aromatic N) is 3. The molecule has 0 radical (unpaired) electrons. The highest BCUT2D eigenvalue weighted by molar-refractivity contribution is 6.22. The molecule has 172 valence electrons. The number of benzene rings is 2. The molecule has 0 bridgehead atoms. The molecule has 2 aromatic carbocycles. The fourth-order valence-corrected chi connectivity index (χ4v) is 3.76. The molecule has 3 amide bonds. The third kappa shape index (κ3) is 4.63. The third-order valence-electron chi connectivity index (χ3n) is 5.56. The minimum Gasteiger partial charge on any atom is -0.485 e. The zero-order chi connectivity index (χ0) is 24.2. The number of pyridine rings is 2. The summed E-state index contributed by atoms with van der Waals surface area (Å²) in [5, 5.41) is 2.73. The number of hydrogen-bond acceptors (Lipinski definition) is 6. The van der Waals surface area contributed by atoms with Crippen LogP contribution in [0, 0.1) is 0 Å². The molecule has 8 heteroatoms. The van der Waals surface area contributed by atoms with Gasteiger partial charge in [0.2, 0.25) is 0 Å². The van der Waals surface area contributed by atoms with E-state index in [9.17, 15) is 14.4 Å². The number of rotatable bonds is 7. The Balaban J connectivity index is 1.32. The van der Waals surface area contributed by atoms with E-state index in [4.69, 9.17) is 4.74 Å². The number of nitrogens with one attached hydrogen (secondary N) is 1. The second kappa shape index (κ2) is 9.56. The summed E-state index contributed by atoms with van der Waals surface area (Å²) in [5.74, 6) is -0.624. The van der Waals surface area contributed by atoms with E-state index in [1.807, 2.05) is 42.5 Å². The van der Waals surface area contributed by atoms with Gasteiger partial charge in [-0.15, -0.1) is 0 Å². The van der Waals surface area contributed by atoms with Crippen LogP contribution in [0.2, 0.25) is 0 Å². The molecule has 2 aromatic heterocycles. The molecule has 1 N–H and O–H groups in total. The lowest BCUT2D eigenvalue weighted by Gasteiger charge is -2.13. The van der Waals surface area contributed by atoms with Crippen LogP contribution in [0.5, 0.6) is 5.75 Å². The van der Waals surface area contributed by atoms with Crippen molar-refractivity contribution >= 4 is 23.5 Å². The Hall–Kier alpha value is -4.85. The largest absolute Gasteiger partial charge is 0.485 e. The monoisotopic (exact) mass is 464 g/mol. The summed E-state index contributed by atoms with van der Waals surface area (Å²) in [7, 11) is 0. The van der Waals surface area contributed by atoms with Crippen molar-refractivity contribution in [1.29, 1.82) is 0 Å². The van der Waals surface area contributed by atoms with E-state index >= 15 is 0 Å². The van der Waals surface area contributed by atoms with Gasteiger partial charge in [0.1, 0.15) is 6.61 Å². The van der Waals surface area contributed by atoms with E-state index in [1.54, 1.807) is 30.7 Å². The number of aromatic nitrogens is 2. The van der Waals surface area contributed by atoms with E-state index in [0.29, 0.717) is 5.75 Å². The lowest BCUT2D eigenvalue weighted by molar-refractivity contribution is 0.0642. The van der Waals surface area contributed by atoms with Crippen LogP contribution in [0.1, 0.15) is 42.2 Å². The molecule has 35 heavy (non-hydrogen) atoms. The van der Waals surface area contributed by atoms with Gasteiger partial charge in [0.05, 0.1) is 17.7 Å². The molecule has 0 atom stereocenters. The maximum atomic E-state index is 13.0. The topological polar surface area (TPSA) is 101 Å². The second-order valence-electron chi connectivity index (χ2n) is 7.89. The van der Waals surface area contributed by atoms with Gasteiger partial charge in [-0.1, -0.05) is 30.3 Å². The predicted molar refractivity (Wildman–Crippen MR) is 128 cm³/mol. The van der Waals surface area contributed by atoms with Crippen LogP contribution >= 0.6 is 0 Å². The molecule has 1 aliphatic heterocycles. The molecule has 3 heterocycles. The molecular formula is C27H20N4O4. The van der Waals surface area contributed by atoms with Crippen LogP contribution in [0.4, 0.5) is 5.82 Å². The van der Waals surface area contributed by atoms with Crippen molar-refractivity contribution in [1.82, 2.24) is 14.9 Å². The van der Waals surface area contributed by atoms with Crippen LogP contribution in [0.3, 0.4) is 0 Å². The maximum Gasteiger partial charge on any atom is 0.261 e. The van der Waals surface area contributed by atoms with Crippen molar-refractivity contribution in [2.45, 2.75) is 13.2 Å². The molecule has 4 aromatic rings. The number of carbonyl (C=O) groups is 3. The highest BCUT2D eigenvalue weighted by atomic mass is 16.5. The molecule has 0 fully saturated rings. The first kappa shape index (κ1) is 22.0. The summed E-state index contributed by atoms with van der Waals surface area (Å²) in [6, 6.07) is 20.8. The maximum absolute atomic E-state index is 13.0. The number of amides is 3. The van der Waals surface area contributed by atoms with Gasteiger partial charge in [0.15, 0.2) is 11.6 Å². The van der Waals surface area contributed by atoms with Crippen molar-refractivity contribution in [3.05, 3.63) is 119 Å². The SMILES string of the molecule is O=C(Nc1ncccc1OCc1ccncc1)c1ccc2c(c1)C(=O)N(Cc1ccccc1)C2=O. The molecule has 0 saturated carbocycles. The van der Waals surface area contributed by atoms with Gasteiger partial charge in [0.25, 0.3) is 17.7 Å². The van der Waals surface area contributed by atoms with E-state index in [-0.39, 0.29) is 41.6 Å². The zero-order valence-corrected chi connectivity index (χ0v) is 18.5. The van der Waals surface area contributed by atoms with Crippen molar-refractivity contribution in [3.63, 3.8) is 0 Å². The zero-order valence-electron chi connectivity index (χ0n) is 18.5. The van der Waals surface area contributed by atoms with Crippen molar-refractivity contribution in [2.75, 3.05) is 5.32 Å². The van der Waals surface area contributed by atoms with E-state index in [2.05, 4.69) is 15.3 Å². The molecule has 0 saturated heterocycles. The van der Waals surface area contributed by atoms with Gasteiger partial charge in [0, 0.05) is 24.2 Å². The molecule has 0 aliphatic carbocycles. The van der Waals surface area contributed by atoms with E-state index in [0.717, 1.165) is 11.1 Å². The van der Waals surface area contributed by atoms with Crippen molar-refractivity contribution < 1.29 is 19.1 Å². The highest BCUT2D eigenvalue weighted by Crippen LogP contribution is 2.27. The van der Waals surface area contributed by atoms with Gasteiger partial charge < -0.3 is 10.1 Å². The first-order chi connectivity index (χ1) is 17.1. The average Bonchev–Trinajstić information content (AvgIpc) is 3.13. The first-order valence-corrected chi connectivity index (χ1v) is 10.9. The van der Waals surface area contributed by atoms with Gasteiger partial charge in [-0.25, -0.2) is 4.98 Å². The summed E-state index contributed by atoms with van der Waals surface area (Å²) in [5.41, 5.74) is 2.48. The quantitative estimate of drug-likeness (QED) is 0.413. The number of hydrogen-bond donors (Lipinski definition) is 1. The molecule has 8 nitrogen and oxygen atoms in total. The summed E-state index contributed by atoms with van der Waals surface area (Å²) >= 11 is 0. The fraction of sp³-hybridized carbons (Fsp3) is 0.0741. The Morgan fingerprint density at radius 2 is 1.60 bits per heavy atom. The molecule has 0 spiro atoms. The lowest BCUT2D eigenvalue weighted by Crippen LogP contribution is -2.29. The van der Waals surface area contributed by atoms with Gasteiger partial charge in [-0.3, -0.25) is 24.3 Å². The highest BCUT2D eigenvalue weighted by Gasteiger charge is 2.36. The van der Waals surface area contributed by atoms with Crippen molar-refractivity contribution in [2.24, 2.45) is 0 Å². The normalized spacial score (nSPS) is 12.4. The third-order valence-corrected chi connectivity index (χ3v) is 5.56. The van der Waals surface area contributed by atoms with Crippen LogP contribution < -0.4 is 10.1 Å². The fourth-order valence-electron chi connectivity index (χ4n) is 3.76. The van der Waals surface area contributed by atoms with Crippen LogP contribution in [0.15, 0.2) is 91.4 Å². The minimum atomic E-state index is -0.470. The number of ether oxygens (including phenoxy) is 1. The standard InChI is InChI=1S/C27H20N4O4/c32-25(30-24-23(7-4-12-29-24)35-17-19-10-13-28-14-11-19)20-8-9-21-22(15-20)27(34)31(26(21)33)16-18-5-2-1-3-6-18/h1-15H,16-17H2,(H,29,30,32). The molecular weight excluding hydrogens is 444 g/mol. The van der Waals surface area contributed by atoms with Crippen LogP contribution in [-0.4, -0.2) is 32.6 Å². The number of carbonyl (C=O) groups excluding carboxylic acids is 3. The van der Waals surface area contributed by atoms with E-state index in [1.165, 1.54) is 23.1 Å². The number of fused-ring (bicyclic) bond motifs is 1. The summed E-state index contributed by atoms with van der Waals surface area (Å²) in [6.45, 7) is 0.449. The Morgan fingerprint density at radius 3 is 2.40 bits per heavy atom. The second-order valence-corrected chi connectivity index (χ2v) is 7.89. The summed E-state index contributed by atoms with van der Waals surface area (Å²) < 4.78 is 5.83. The van der Waals surface area contributed by atoms with Gasteiger partial charge >= 0.3 is 0 Å². The number of imide groups is 1. The number of anilines is 1. The minimum absolute atomic E-state index is 0.167. The Labute approximate surface area is 201 Å². The summed E-state index contributed by atoms with van der Waals surface area (Å²) in [6.07, 6.45) is 4.89. The van der Waals surface area contributed by atoms with Crippen LogP contribution in [-0.2, 0) is 13.2 Å². The van der Waals surface area contributed by atoms with Gasteiger partial charge in [-0.05, 0) is 53.6 Å². The predicted octanol–water partition coefficient (Wildman–Crippen LogP) is 4.10. The molecule has 5 rings (SSSR count). The Bertz CT molecular complexity index is 1410. The molecule has 0 unspecified atom stereocenters. The van der Waals surface area contributed by atoms with Gasteiger partial charge in [-0.2, -0.15) is 0 Å². The lowest BCUT2D eigenvalue weighted by atomic mass is 10.1.